The van der Waals surface area contributed by atoms with Gasteiger partial charge in [0.2, 0.25) is 0 Å². The molecule has 0 rings (SSSR count). The largest absolute Gasteiger partial charge is 0.533 e. The van der Waals surface area contributed by atoms with E-state index in [4.69, 9.17) is 0 Å². The first kappa shape index (κ1) is 12.0. The quantitative estimate of drug-likeness (QED) is 0.496. The minimum Gasteiger partial charge on any atom is -0.359 e. The van der Waals surface area contributed by atoms with Crippen LogP contribution in [0.5, 0.6) is 0 Å². The molecule has 0 aliphatic rings. The highest BCUT2D eigenvalue weighted by atomic mass is 32.2. The molecule has 0 aliphatic carbocycles. The number of rotatable bonds is 6. The summed E-state index contributed by atoms with van der Waals surface area (Å²) >= 11 is 2.26. The van der Waals surface area contributed by atoms with Gasteiger partial charge in [0.25, 0.3) is 0 Å². The Bertz CT molecular complexity index is 107. The van der Waals surface area contributed by atoms with Gasteiger partial charge in [-0.1, -0.05) is 13.8 Å². The van der Waals surface area contributed by atoms with Crippen molar-refractivity contribution >= 4 is 30.2 Å². The average Bonchev–Trinajstić information content (AvgIpc) is 2.06. The summed E-state index contributed by atoms with van der Waals surface area (Å²) in [6.07, 6.45) is 1.37. The Morgan fingerprint density at radius 3 is 1.83 bits per heavy atom. The van der Waals surface area contributed by atoms with E-state index in [-0.39, 0.29) is 0 Å². The fourth-order valence-electron chi connectivity index (χ4n) is 0.360. The Morgan fingerprint density at radius 2 is 1.50 bits per heavy atom. The molecule has 0 bridgehead atoms. The van der Waals surface area contributed by atoms with Crippen molar-refractivity contribution in [3.8, 4) is 0 Å². The van der Waals surface area contributed by atoms with Crippen molar-refractivity contribution in [2.24, 2.45) is 0 Å². The zero-order chi connectivity index (χ0) is 9.23. The lowest BCUT2D eigenvalue weighted by Gasteiger charge is -2.00. The van der Waals surface area contributed by atoms with Gasteiger partial charge in [0.15, 0.2) is 0 Å². The van der Waals surface area contributed by atoms with Crippen LogP contribution in [-0.2, 0) is 8.37 Å². The number of hydrogen-bond donors (Lipinski definition) is 0. The van der Waals surface area contributed by atoms with Crippen molar-refractivity contribution in [1.29, 1.82) is 0 Å². The van der Waals surface area contributed by atoms with Gasteiger partial charge in [0.05, 0.1) is 24.1 Å². The molecule has 0 aliphatic heterocycles. The molecule has 0 aromatic carbocycles. The topological polar surface area (TPSA) is 35.5 Å². The van der Waals surface area contributed by atoms with E-state index in [2.05, 4.69) is 8.37 Å². The summed E-state index contributed by atoms with van der Waals surface area (Å²) in [4.78, 5) is 10.7. The smallest absolute Gasteiger partial charge is 0.359 e. The number of hydrogen-bond acceptors (Lipinski definition) is 5. The van der Waals surface area contributed by atoms with Gasteiger partial charge in [-0.25, -0.2) is 4.79 Å². The van der Waals surface area contributed by atoms with Crippen LogP contribution >= 0.6 is 24.1 Å². The molecule has 0 heterocycles. The van der Waals surface area contributed by atoms with E-state index >= 15 is 0 Å². The van der Waals surface area contributed by atoms with Crippen LogP contribution in [0.4, 0.5) is 4.79 Å². The fourth-order valence-corrected chi connectivity index (χ4v) is 1.16. The van der Waals surface area contributed by atoms with E-state index in [0.717, 1.165) is 48.4 Å². The highest BCUT2D eigenvalue weighted by molar-refractivity contribution is 7.95. The molecular formula is C7H14O3S2. The monoisotopic (exact) mass is 210 g/mol. The Hall–Kier alpha value is -0.0300. The maximum Gasteiger partial charge on any atom is 0.533 e. The van der Waals surface area contributed by atoms with Crippen LogP contribution in [0.3, 0.4) is 0 Å². The average molecular weight is 210 g/mol. The van der Waals surface area contributed by atoms with Gasteiger partial charge >= 0.3 is 6.16 Å². The molecule has 72 valence electrons. The molecule has 0 N–H and O–H groups in total. The third kappa shape index (κ3) is 8.07. The summed E-state index contributed by atoms with van der Waals surface area (Å²) in [6, 6.07) is 0. The molecule has 5 heteroatoms. The molecule has 0 aromatic heterocycles. The third-order valence-electron chi connectivity index (χ3n) is 0.829. The second kappa shape index (κ2) is 9.06. The fraction of sp³-hybridized carbons (Fsp3) is 0.857. The van der Waals surface area contributed by atoms with Gasteiger partial charge < -0.3 is 8.37 Å². The highest BCUT2D eigenvalue weighted by Crippen LogP contribution is 2.11. The van der Waals surface area contributed by atoms with Crippen molar-refractivity contribution in [1.82, 2.24) is 0 Å². The van der Waals surface area contributed by atoms with Crippen LogP contribution in [0.15, 0.2) is 0 Å². The maximum atomic E-state index is 10.7. The van der Waals surface area contributed by atoms with Crippen molar-refractivity contribution < 1.29 is 13.2 Å². The van der Waals surface area contributed by atoms with Crippen LogP contribution in [0.25, 0.3) is 0 Å². The van der Waals surface area contributed by atoms with Crippen LogP contribution in [-0.4, -0.2) is 17.7 Å². The lowest BCUT2D eigenvalue weighted by Crippen LogP contribution is -1.97. The van der Waals surface area contributed by atoms with Crippen LogP contribution in [0.2, 0.25) is 0 Å². The van der Waals surface area contributed by atoms with E-state index in [1.165, 1.54) is 0 Å². The molecule has 12 heavy (non-hydrogen) atoms. The Labute approximate surface area is 82.0 Å². The zero-order valence-corrected chi connectivity index (χ0v) is 9.00. The van der Waals surface area contributed by atoms with Gasteiger partial charge in [0.1, 0.15) is 0 Å². The molecule has 0 radical (unpaired) electrons. The Morgan fingerprint density at radius 1 is 1.08 bits per heavy atom. The molecule has 0 fully saturated rings. The normalized spacial score (nSPS) is 9.50. The van der Waals surface area contributed by atoms with Gasteiger partial charge in [-0.15, -0.1) is 0 Å². The molecule has 0 spiro atoms. The van der Waals surface area contributed by atoms with Crippen molar-refractivity contribution in [3.63, 3.8) is 0 Å². The standard InChI is InChI=1S/C7H14O3S2/c1-3-5-11-9-7(8)10-12-6-4-2/h3-6H2,1-2H3. The predicted octanol–water partition coefficient (Wildman–Crippen LogP) is 3.26. The second-order valence-electron chi connectivity index (χ2n) is 2.06. The molecule has 0 saturated carbocycles. The third-order valence-corrected chi connectivity index (χ3v) is 2.49. The van der Waals surface area contributed by atoms with Crippen LogP contribution in [0, 0.1) is 0 Å². The lowest BCUT2D eigenvalue weighted by atomic mass is 10.6. The molecule has 0 saturated heterocycles. The second-order valence-corrected chi connectivity index (χ2v) is 3.68. The summed E-state index contributed by atoms with van der Waals surface area (Å²) in [5, 5.41) is 0. The van der Waals surface area contributed by atoms with Crippen LogP contribution < -0.4 is 0 Å². The molecule has 0 amide bonds. The summed E-state index contributed by atoms with van der Waals surface area (Å²) < 4.78 is 9.33. The first-order valence-corrected chi connectivity index (χ1v) is 5.76. The molecule has 0 aromatic rings. The van der Waals surface area contributed by atoms with E-state index in [1.807, 2.05) is 13.8 Å². The van der Waals surface area contributed by atoms with E-state index in [0.29, 0.717) is 0 Å². The van der Waals surface area contributed by atoms with Gasteiger partial charge in [-0.2, -0.15) is 0 Å². The minimum absolute atomic E-state index is 0.605. The van der Waals surface area contributed by atoms with E-state index < -0.39 is 6.16 Å². The SMILES string of the molecule is CCCSOC(=O)OSCCC. The summed E-state index contributed by atoms with van der Waals surface area (Å²) in [5.41, 5.74) is 0. The van der Waals surface area contributed by atoms with Crippen molar-refractivity contribution in [2.45, 2.75) is 26.7 Å². The van der Waals surface area contributed by atoms with Gasteiger partial charge in [0, 0.05) is 11.5 Å². The number of carbonyl (C=O) groups excluding carboxylic acids is 1. The van der Waals surface area contributed by atoms with Crippen LogP contribution in [0.1, 0.15) is 26.7 Å². The zero-order valence-electron chi connectivity index (χ0n) is 7.37. The first-order chi connectivity index (χ1) is 5.81. The van der Waals surface area contributed by atoms with E-state index in [1.54, 1.807) is 0 Å². The summed E-state index contributed by atoms with van der Waals surface area (Å²) in [7, 11) is 0. The van der Waals surface area contributed by atoms with Crippen molar-refractivity contribution in [3.05, 3.63) is 0 Å². The summed E-state index contributed by atoms with van der Waals surface area (Å²) in [5.74, 6) is 1.63. The number of carbonyl (C=O) groups is 1. The molecule has 0 atom stereocenters. The highest BCUT2D eigenvalue weighted by Gasteiger charge is 2.03. The first-order valence-electron chi connectivity index (χ1n) is 3.94. The van der Waals surface area contributed by atoms with Crippen molar-refractivity contribution in [2.75, 3.05) is 11.5 Å². The predicted molar refractivity (Wildman–Crippen MR) is 53.1 cm³/mol. The van der Waals surface area contributed by atoms with Gasteiger partial charge in [-0.05, 0) is 12.8 Å². The minimum atomic E-state index is -0.605. The molecular weight excluding hydrogens is 196 g/mol. The Balaban J connectivity index is 3.10. The van der Waals surface area contributed by atoms with Gasteiger partial charge in [-0.3, -0.25) is 0 Å². The lowest BCUT2D eigenvalue weighted by molar-refractivity contribution is 0.168. The Kier molecular flexibility index (Phi) is 9.04. The summed E-state index contributed by atoms with van der Waals surface area (Å²) in [6.45, 7) is 4.04. The van der Waals surface area contributed by atoms with E-state index in [9.17, 15) is 4.79 Å². The molecule has 3 nitrogen and oxygen atoms in total. The molecule has 0 unspecified atom stereocenters. The maximum absolute atomic E-state index is 10.7.